The van der Waals surface area contributed by atoms with Crippen molar-refractivity contribution in [2.45, 2.75) is 33.1 Å². The fourth-order valence-electron chi connectivity index (χ4n) is 2.04. The summed E-state index contributed by atoms with van der Waals surface area (Å²) in [6.45, 7) is 9.72. The largest absolute Gasteiger partial charge is 0.381 e. The van der Waals surface area contributed by atoms with Crippen LogP contribution < -0.4 is 10.6 Å². The third kappa shape index (κ3) is 7.18. The predicted molar refractivity (Wildman–Crippen MR) is 77.1 cm³/mol. The molecule has 0 bridgehead atoms. The van der Waals surface area contributed by atoms with Gasteiger partial charge in [-0.3, -0.25) is 0 Å². The number of amides is 2. The Hall–Kier alpha value is -1.07. The number of ether oxygens (including phenoxy) is 1. The lowest BCUT2D eigenvalue weighted by molar-refractivity contribution is 0.119. The molecule has 0 aromatic heterocycles. The van der Waals surface area contributed by atoms with Gasteiger partial charge in [0.05, 0.1) is 13.2 Å². The van der Waals surface area contributed by atoms with Crippen molar-refractivity contribution in [3.8, 4) is 0 Å². The molecule has 2 amide bonds. The number of urea groups is 1. The number of nitrogens with one attached hydrogen (secondary N) is 2. The zero-order valence-electron chi connectivity index (χ0n) is 12.2. The summed E-state index contributed by atoms with van der Waals surface area (Å²) in [5, 5.41) is 5.66. The summed E-state index contributed by atoms with van der Waals surface area (Å²) in [6, 6.07) is -0.112. The Morgan fingerprint density at radius 1 is 1.32 bits per heavy atom. The molecular weight excluding hydrogens is 242 g/mol. The van der Waals surface area contributed by atoms with Gasteiger partial charge in [0.15, 0.2) is 0 Å². The van der Waals surface area contributed by atoms with E-state index in [1.807, 2.05) is 6.20 Å². The average molecular weight is 269 g/mol. The van der Waals surface area contributed by atoms with Crippen molar-refractivity contribution < 1.29 is 9.53 Å². The third-order valence-corrected chi connectivity index (χ3v) is 3.37. The normalized spacial score (nSPS) is 15.4. The quantitative estimate of drug-likeness (QED) is 0.692. The van der Waals surface area contributed by atoms with Crippen LogP contribution in [0.5, 0.6) is 0 Å². The van der Waals surface area contributed by atoms with Gasteiger partial charge < -0.3 is 20.3 Å². The van der Waals surface area contributed by atoms with Crippen molar-refractivity contribution in [1.29, 1.82) is 0 Å². The molecule has 5 nitrogen and oxygen atoms in total. The summed E-state index contributed by atoms with van der Waals surface area (Å²) in [5.74, 6) is 0. The summed E-state index contributed by atoms with van der Waals surface area (Å²) in [5.41, 5.74) is 1.25. The number of hydrogen-bond donors (Lipinski definition) is 2. The smallest absolute Gasteiger partial charge is 0.318 e. The molecule has 1 fully saturated rings. The van der Waals surface area contributed by atoms with Crippen molar-refractivity contribution in [3.05, 3.63) is 11.8 Å². The van der Waals surface area contributed by atoms with Gasteiger partial charge in [0.25, 0.3) is 0 Å². The molecule has 1 heterocycles. The molecule has 0 aromatic carbocycles. The highest BCUT2D eigenvalue weighted by Gasteiger charge is 2.05. The van der Waals surface area contributed by atoms with E-state index in [0.29, 0.717) is 6.54 Å². The van der Waals surface area contributed by atoms with Gasteiger partial charge in [-0.1, -0.05) is 13.8 Å². The van der Waals surface area contributed by atoms with Gasteiger partial charge >= 0.3 is 6.03 Å². The number of hydrogen-bond acceptors (Lipinski definition) is 3. The monoisotopic (exact) mass is 269 g/mol. The molecular formula is C14H27N3O2. The fraction of sp³-hybridized carbons (Fsp3) is 0.786. The van der Waals surface area contributed by atoms with E-state index in [9.17, 15) is 4.79 Å². The van der Waals surface area contributed by atoms with Crippen LogP contribution >= 0.6 is 0 Å². The number of carbonyl (C=O) groups excluding carboxylic acids is 1. The molecule has 0 unspecified atom stereocenters. The highest BCUT2D eigenvalue weighted by molar-refractivity contribution is 5.74. The minimum absolute atomic E-state index is 0.112. The molecule has 1 saturated heterocycles. The van der Waals surface area contributed by atoms with Crippen LogP contribution in [0.1, 0.15) is 33.1 Å². The second kappa shape index (κ2) is 9.81. The molecule has 1 aliphatic heterocycles. The second-order valence-corrected chi connectivity index (χ2v) is 4.70. The van der Waals surface area contributed by atoms with E-state index in [4.69, 9.17) is 4.74 Å². The van der Waals surface area contributed by atoms with Crippen LogP contribution in [0.15, 0.2) is 11.8 Å². The predicted octanol–water partition coefficient (Wildman–Crippen LogP) is 1.71. The van der Waals surface area contributed by atoms with E-state index in [1.54, 1.807) is 0 Å². The maximum Gasteiger partial charge on any atom is 0.318 e. The van der Waals surface area contributed by atoms with E-state index in [2.05, 4.69) is 29.4 Å². The minimum Gasteiger partial charge on any atom is -0.381 e. The maximum absolute atomic E-state index is 11.6. The SMILES string of the molecule is CCN(CC)CCCNC(=O)NC=C1CCOCC1. The topological polar surface area (TPSA) is 53.6 Å². The molecule has 0 spiro atoms. The summed E-state index contributed by atoms with van der Waals surface area (Å²) in [4.78, 5) is 13.9. The highest BCUT2D eigenvalue weighted by Crippen LogP contribution is 2.11. The zero-order valence-corrected chi connectivity index (χ0v) is 12.2. The number of nitrogens with zero attached hydrogens (tertiary/aromatic N) is 1. The van der Waals surface area contributed by atoms with Crippen molar-refractivity contribution >= 4 is 6.03 Å². The Morgan fingerprint density at radius 3 is 2.63 bits per heavy atom. The van der Waals surface area contributed by atoms with Gasteiger partial charge in [-0.25, -0.2) is 4.79 Å². The third-order valence-electron chi connectivity index (χ3n) is 3.37. The lowest BCUT2D eigenvalue weighted by Gasteiger charge is -2.17. The molecule has 1 aliphatic rings. The average Bonchev–Trinajstić information content (AvgIpc) is 2.46. The van der Waals surface area contributed by atoms with Gasteiger partial charge in [0, 0.05) is 12.7 Å². The van der Waals surface area contributed by atoms with E-state index in [1.165, 1.54) is 5.57 Å². The minimum atomic E-state index is -0.112. The highest BCUT2D eigenvalue weighted by atomic mass is 16.5. The molecule has 19 heavy (non-hydrogen) atoms. The van der Waals surface area contributed by atoms with Crippen LogP contribution in [-0.2, 0) is 4.74 Å². The molecule has 5 heteroatoms. The van der Waals surface area contributed by atoms with Crippen molar-refractivity contribution in [3.63, 3.8) is 0 Å². The summed E-state index contributed by atoms with van der Waals surface area (Å²) >= 11 is 0. The van der Waals surface area contributed by atoms with Crippen LogP contribution in [0.4, 0.5) is 4.79 Å². The van der Waals surface area contributed by atoms with Crippen LogP contribution in [0.25, 0.3) is 0 Å². The van der Waals surface area contributed by atoms with Gasteiger partial charge in [0.2, 0.25) is 0 Å². The van der Waals surface area contributed by atoms with Crippen LogP contribution in [0, 0.1) is 0 Å². The summed E-state index contributed by atoms with van der Waals surface area (Å²) in [7, 11) is 0. The van der Waals surface area contributed by atoms with Gasteiger partial charge in [-0.15, -0.1) is 0 Å². The van der Waals surface area contributed by atoms with Gasteiger partial charge in [0.1, 0.15) is 0 Å². The Labute approximate surface area is 116 Å². The van der Waals surface area contributed by atoms with Gasteiger partial charge in [-0.05, 0) is 44.5 Å². The van der Waals surface area contributed by atoms with Crippen LogP contribution in [-0.4, -0.2) is 50.3 Å². The first-order chi connectivity index (χ1) is 9.26. The lowest BCUT2D eigenvalue weighted by Crippen LogP contribution is -2.35. The summed E-state index contributed by atoms with van der Waals surface area (Å²) in [6.07, 6.45) is 4.65. The Kier molecular flexibility index (Phi) is 8.25. The molecule has 0 aliphatic carbocycles. The molecule has 0 atom stereocenters. The maximum atomic E-state index is 11.6. The van der Waals surface area contributed by atoms with Crippen molar-refractivity contribution in [2.75, 3.05) is 39.4 Å². The number of carbonyl (C=O) groups is 1. The molecule has 0 aromatic rings. The van der Waals surface area contributed by atoms with Crippen LogP contribution in [0.2, 0.25) is 0 Å². The molecule has 0 radical (unpaired) electrons. The Balaban J connectivity index is 2.07. The second-order valence-electron chi connectivity index (χ2n) is 4.70. The summed E-state index contributed by atoms with van der Waals surface area (Å²) < 4.78 is 5.26. The molecule has 0 saturated carbocycles. The number of rotatable bonds is 7. The molecule has 2 N–H and O–H groups in total. The fourth-order valence-corrected chi connectivity index (χ4v) is 2.04. The first-order valence-electron chi connectivity index (χ1n) is 7.28. The lowest BCUT2D eigenvalue weighted by atomic mass is 10.1. The first kappa shape index (κ1) is 16.0. The molecule has 110 valence electrons. The first-order valence-corrected chi connectivity index (χ1v) is 7.28. The van der Waals surface area contributed by atoms with E-state index in [-0.39, 0.29) is 6.03 Å². The Bertz CT molecular complexity index is 280. The van der Waals surface area contributed by atoms with Crippen molar-refractivity contribution in [2.24, 2.45) is 0 Å². The standard InChI is InChI=1S/C14H27N3O2/c1-3-17(4-2)9-5-8-15-14(18)16-12-13-6-10-19-11-7-13/h12H,3-11H2,1-2H3,(H2,15,16,18). The Morgan fingerprint density at radius 2 is 2.00 bits per heavy atom. The van der Waals surface area contributed by atoms with E-state index in [0.717, 1.165) is 52.1 Å². The molecule has 1 rings (SSSR count). The van der Waals surface area contributed by atoms with Crippen LogP contribution in [0.3, 0.4) is 0 Å². The zero-order chi connectivity index (χ0) is 13.9. The van der Waals surface area contributed by atoms with Crippen molar-refractivity contribution in [1.82, 2.24) is 15.5 Å². The van der Waals surface area contributed by atoms with E-state index < -0.39 is 0 Å². The van der Waals surface area contributed by atoms with Gasteiger partial charge in [-0.2, -0.15) is 0 Å². The van der Waals surface area contributed by atoms with E-state index >= 15 is 0 Å².